The first-order valence-electron chi connectivity index (χ1n) is 8.72. The molecule has 1 heterocycles. The van der Waals surface area contributed by atoms with Gasteiger partial charge in [0.2, 0.25) is 0 Å². The first-order chi connectivity index (χ1) is 11.8. The summed E-state index contributed by atoms with van der Waals surface area (Å²) in [7, 11) is 0. The van der Waals surface area contributed by atoms with Crippen LogP contribution in [0.4, 0.5) is 0 Å². The van der Waals surface area contributed by atoms with E-state index < -0.39 is 18.8 Å². The average Bonchev–Trinajstić information content (AvgIpc) is 3.01. The first-order valence-corrected chi connectivity index (χ1v) is 17.1. The summed E-state index contributed by atoms with van der Waals surface area (Å²) in [5.74, 6) is 0. The Balaban J connectivity index is 1.69. The maximum atomic E-state index is 5.93. The molecule has 0 saturated carbocycles. The van der Waals surface area contributed by atoms with Gasteiger partial charge in [0.1, 0.15) is 0 Å². The van der Waals surface area contributed by atoms with Crippen molar-refractivity contribution in [3.8, 4) is 0 Å². The first kappa shape index (κ1) is 15.3. The fourth-order valence-corrected chi connectivity index (χ4v) is 29.7. The molecule has 2 unspecified atom stereocenters. The normalized spacial score (nSPS) is 28.8. The summed E-state index contributed by atoms with van der Waals surface area (Å²) in [5.41, 5.74) is 5.78. The van der Waals surface area contributed by atoms with E-state index in [0.29, 0.717) is 7.25 Å². The molecule has 0 radical (unpaired) electrons. The summed E-state index contributed by atoms with van der Waals surface area (Å²) < 4.78 is 10.0. The van der Waals surface area contributed by atoms with Gasteiger partial charge in [0.25, 0.3) is 0 Å². The van der Waals surface area contributed by atoms with E-state index in [1.54, 1.807) is 0 Å². The number of hydrogen-bond donors (Lipinski definition) is 0. The van der Waals surface area contributed by atoms with Crippen LogP contribution in [0.5, 0.6) is 0 Å². The predicted molar refractivity (Wildman–Crippen MR) is 97.9 cm³/mol. The minimum atomic E-state index is -3.26. The van der Waals surface area contributed by atoms with Crippen LogP contribution >= 0.6 is 11.9 Å². The number of benzene rings is 2. The molecule has 121 valence electrons. The summed E-state index contributed by atoms with van der Waals surface area (Å²) in [6, 6.07) is 17.7. The van der Waals surface area contributed by atoms with E-state index in [0.717, 1.165) is 4.31 Å². The molecule has 1 fully saturated rings. The van der Waals surface area contributed by atoms with Crippen LogP contribution in [0.25, 0.3) is 12.2 Å². The van der Waals surface area contributed by atoms with Crippen LogP contribution in [0.2, 0.25) is 8.26 Å². The van der Waals surface area contributed by atoms with Crippen LogP contribution in [-0.2, 0) is 23.1 Å². The Morgan fingerprint density at radius 1 is 0.833 bits per heavy atom. The van der Waals surface area contributed by atoms with Crippen LogP contribution in [0.1, 0.15) is 29.5 Å². The second-order valence-corrected chi connectivity index (χ2v) is 24.8. The Morgan fingerprint density at radius 2 is 1.33 bits per heavy atom. The van der Waals surface area contributed by atoms with Gasteiger partial charge in [0.15, 0.2) is 0 Å². The van der Waals surface area contributed by atoms with Crippen molar-refractivity contribution in [2.24, 2.45) is 0 Å². The number of halogens is 1. The molecule has 0 bridgehead atoms. The average molecular weight is 415 g/mol. The molecule has 0 aromatic heterocycles. The second-order valence-electron chi connectivity index (χ2n) is 7.83. The van der Waals surface area contributed by atoms with Crippen LogP contribution in [0, 0.1) is 0 Å². The van der Waals surface area contributed by atoms with Crippen molar-refractivity contribution in [3.05, 3.63) is 82.9 Å². The van der Waals surface area contributed by atoms with Crippen molar-refractivity contribution in [2.75, 3.05) is 4.31 Å². The zero-order valence-electron chi connectivity index (χ0n) is 13.5. The third kappa shape index (κ3) is 1.88. The van der Waals surface area contributed by atoms with Gasteiger partial charge in [-0.05, 0) is 0 Å². The molecule has 2 aromatic rings. The molecule has 3 heteroatoms. The summed E-state index contributed by atoms with van der Waals surface area (Å²) in [6.07, 6.45) is 9.57. The standard InChI is InChI=1S/2C9H7.C2H4.CH2ClO.Zr/c2*1-2-5-9-7-3-6-8(9)4-1;1-2;1-3-2;/h2*1-7H;1-2H2;1H2;. The molecule has 2 aliphatic carbocycles. The fraction of sp³-hybridized carbons (Fsp3) is 0.238. The summed E-state index contributed by atoms with van der Waals surface area (Å²) in [4.78, 5) is 0. The van der Waals surface area contributed by atoms with E-state index in [2.05, 4.69) is 72.8 Å². The van der Waals surface area contributed by atoms with Crippen molar-refractivity contribution < 1.29 is 23.1 Å². The molecule has 0 N–H and O–H groups in total. The van der Waals surface area contributed by atoms with Gasteiger partial charge in [-0.1, -0.05) is 0 Å². The number of fused-ring (bicyclic) bond motifs is 2. The van der Waals surface area contributed by atoms with Gasteiger partial charge in [-0.2, -0.15) is 0 Å². The van der Waals surface area contributed by atoms with Gasteiger partial charge in [-0.3, -0.25) is 0 Å². The molecule has 1 saturated heterocycles. The van der Waals surface area contributed by atoms with Gasteiger partial charge in [-0.25, -0.2) is 0 Å². The van der Waals surface area contributed by atoms with Crippen LogP contribution in [-0.4, -0.2) is 4.31 Å². The monoisotopic (exact) mass is 413 g/mol. The van der Waals surface area contributed by atoms with Crippen molar-refractivity contribution in [1.29, 1.82) is 0 Å². The van der Waals surface area contributed by atoms with E-state index in [1.807, 2.05) is 0 Å². The molecule has 2 atom stereocenters. The molecule has 0 amide bonds. The van der Waals surface area contributed by atoms with Crippen molar-refractivity contribution in [1.82, 2.24) is 0 Å². The van der Waals surface area contributed by atoms with Gasteiger partial charge >= 0.3 is 150 Å². The van der Waals surface area contributed by atoms with E-state index in [9.17, 15) is 0 Å². The molecule has 5 rings (SSSR count). The molecule has 0 spiro atoms. The zero-order valence-corrected chi connectivity index (χ0v) is 16.7. The summed E-state index contributed by atoms with van der Waals surface area (Å²) in [5, 5.41) is 0. The Morgan fingerprint density at radius 3 is 1.79 bits per heavy atom. The number of allylic oxidation sites excluding steroid dienone is 2. The molecule has 2 aromatic carbocycles. The molecule has 24 heavy (non-hydrogen) atoms. The molecule has 1 aliphatic heterocycles. The Bertz CT molecular complexity index is 815. The number of rotatable bonds is 4. The van der Waals surface area contributed by atoms with Crippen molar-refractivity contribution >= 4 is 24.0 Å². The Hall–Kier alpha value is -0.947. The SMILES string of the molecule is ClO[CH2][Zr]1([CH]2C=Cc3ccccc32)([CH]2C=Cc3ccccc32)[CH2][CH2]1. The van der Waals surface area contributed by atoms with E-state index in [-0.39, 0.29) is 0 Å². The fourth-order valence-electron chi connectivity index (χ4n) is 5.37. The summed E-state index contributed by atoms with van der Waals surface area (Å²) in [6.45, 7) is 0. The third-order valence-corrected chi connectivity index (χ3v) is 26.2. The Kier molecular flexibility index (Phi) is 3.37. The van der Waals surface area contributed by atoms with Crippen molar-refractivity contribution in [2.45, 2.75) is 15.5 Å². The van der Waals surface area contributed by atoms with Gasteiger partial charge in [-0.15, -0.1) is 0 Å². The quantitative estimate of drug-likeness (QED) is 0.579. The van der Waals surface area contributed by atoms with E-state index >= 15 is 0 Å². The van der Waals surface area contributed by atoms with E-state index in [4.69, 9.17) is 16.2 Å². The van der Waals surface area contributed by atoms with Gasteiger partial charge in [0.05, 0.1) is 0 Å². The molecule has 1 nitrogen and oxygen atoms in total. The molecular weight excluding hydrogens is 395 g/mol. The minimum absolute atomic E-state index is 0.558. The topological polar surface area (TPSA) is 9.23 Å². The van der Waals surface area contributed by atoms with E-state index in [1.165, 1.54) is 30.5 Å². The predicted octanol–water partition coefficient (Wildman–Crippen LogP) is 6.19. The van der Waals surface area contributed by atoms with Gasteiger partial charge < -0.3 is 0 Å². The van der Waals surface area contributed by atoms with Crippen LogP contribution < -0.4 is 0 Å². The number of hydrogen-bond acceptors (Lipinski definition) is 1. The molecule has 3 aliphatic rings. The maximum absolute atomic E-state index is 5.93. The Labute approximate surface area is 149 Å². The second kappa shape index (κ2) is 5.27. The van der Waals surface area contributed by atoms with Crippen LogP contribution in [0.15, 0.2) is 60.7 Å². The molecular formula is C21H20ClOZr. The van der Waals surface area contributed by atoms with Crippen molar-refractivity contribution in [3.63, 3.8) is 0 Å². The third-order valence-electron chi connectivity index (χ3n) is 6.88. The summed E-state index contributed by atoms with van der Waals surface area (Å²) >= 11 is 2.67. The zero-order chi connectivity index (χ0) is 16.2. The van der Waals surface area contributed by atoms with Crippen LogP contribution in [0.3, 0.4) is 0 Å². The van der Waals surface area contributed by atoms with Gasteiger partial charge in [0, 0.05) is 0 Å².